The maximum atomic E-state index is 11.8. The number of halogens is 1. The summed E-state index contributed by atoms with van der Waals surface area (Å²) in [5.41, 5.74) is 0.341. The second-order valence-corrected chi connectivity index (χ2v) is 4.18. The first-order chi connectivity index (χ1) is 7.56. The van der Waals surface area contributed by atoms with Gasteiger partial charge < -0.3 is 5.32 Å². The summed E-state index contributed by atoms with van der Waals surface area (Å²) in [5, 5.41) is 10.7. The molecule has 2 aromatic heterocycles. The van der Waals surface area contributed by atoms with Crippen LogP contribution in [0.1, 0.15) is 10.5 Å². The van der Waals surface area contributed by atoms with Crippen LogP contribution in [0.25, 0.3) is 0 Å². The summed E-state index contributed by atoms with van der Waals surface area (Å²) in [6.07, 6.45) is 3.47. The van der Waals surface area contributed by atoms with Crippen LogP contribution in [0.15, 0.2) is 22.9 Å². The molecule has 0 saturated carbocycles. The van der Waals surface area contributed by atoms with E-state index in [-0.39, 0.29) is 5.91 Å². The third kappa shape index (κ3) is 2.13. The SMILES string of the molecule is Cn1ccc(NC(=O)c2nn(C)cc2Br)n1. The molecule has 0 bridgehead atoms. The fraction of sp³-hybridized carbons (Fsp3) is 0.222. The van der Waals surface area contributed by atoms with Gasteiger partial charge in [-0.25, -0.2) is 0 Å². The number of carbonyl (C=O) groups excluding carboxylic acids is 1. The van der Waals surface area contributed by atoms with E-state index in [9.17, 15) is 4.79 Å². The van der Waals surface area contributed by atoms with Crippen molar-refractivity contribution in [2.75, 3.05) is 5.32 Å². The molecular formula is C9H10BrN5O. The minimum absolute atomic E-state index is 0.286. The van der Waals surface area contributed by atoms with Crippen LogP contribution in [-0.4, -0.2) is 25.5 Å². The van der Waals surface area contributed by atoms with Crippen LogP contribution in [-0.2, 0) is 14.1 Å². The number of aromatic nitrogens is 4. The molecule has 6 nitrogen and oxygen atoms in total. The van der Waals surface area contributed by atoms with E-state index in [1.807, 2.05) is 0 Å². The Balaban J connectivity index is 2.17. The predicted octanol–water partition coefficient (Wildman–Crippen LogP) is 1.17. The smallest absolute Gasteiger partial charge is 0.278 e. The molecule has 0 spiro atoms. The standard InChI is InChI=1S/C9H10BrN5O/c1-14-4-3-7(12-14)11-9(16)8-6(10)5-15(2)13-8/h3-5H,1-2H3,(H,11,12,16). The molecule has 1 N–H and O–H groups in total. The Kier molecular flexibility index (Phi) is 2.78. The van der Waals surface area contributed by atoms with Crippen LogP contribution < -0.4 is 5.32 Å². The summed E-state index contributed by atoms with van der Waals surface area (Å²) in [6, 6.07) is 1.72. The lowest BCUT2D eigenvalue weighted by Crippen LogP contribution is -2.14. The van der Waals surface area contributed by atoms with E-state index in [0.29, 0.717) is 16.0 Å². The highest BCUT2D eigenvalue weighted by atomic mass is 79.9. The highest BCUT2D eigenvalue weighted by molar-refractivity contribution is 9.10. The van der Waals surface area contributed by atoms with Crippen molar-refractivity contribution in [1.82, 2.24) is 19.6 Å². The van der Waals surface area contributed by atoms with Gasteiger partial charge in [-0.1, -0.05) is 0 Å². The Bertz CT molecular complexity index is 530. The van der Waals surface area contributed by atoms with E-state index in [2.05, 4.69) is 31.4 Å². The molecule has 0 radical (unpaired) electrons. The molecule has 2 heterocycles. The molecule has 0 fully saturated rings. The molecular weight excluding hydrogens is 274 g/mol. The summed E-state index contributed by atoms with van der Waals surface area (Å²) in [5.74, 6) is 0.219. The van der Waals surface area contributed by atoms with Crippen LogP contribution in [0, 0.1) is 0 Å². The molecule has 2 rings (SSSR count). The molecule has 16 heavy (non-hydrogen) atoms. The molecule has 1 amide bonds. The van der Waals surface area contributed by atoms with Gasteiger partial charge in [0.05, 0.1) is 4.47 Å². The minimum Gasteiger partial charge on any atom is -0.304 e. The molecule has 7 heteroatoms. The fourth-order valence-electron chi connectivity index (χ4n) is 1.27. The third-order valence-electron chi connectivity index (χ3n) is 1.95. The van der Waals surface area contributed by atoms with E-state index < -0.39 is 0 Å². The van der Waals surface area contributed by atoms with Gasteiger partial charge in [-0.15, -0.1) is 0 Å². The number of nitrogens with one attached hydrogen (secondary N) is 1. The summed E-state index contributed by atoms with van der Waals surface area (Å²) in [6.45, 7) is 0. The van der Waals surface area contributed by atoms with Crippen molar-refractivity contribution in [1.29, 1.82) is 0 Å². The van der Waals surface area contributed by atoms with Gasteiger partial charge >= 0.3 is 0 Å². The van der Waals surface area contributed by atoms with E-state index in [4.69, 9.17) is 0 Å². The fourth-order valence-corrected chi connectivity index (χ4v) is 1.83. The zero-order valence-electron chi connectivity index (χ0n) is 8.81. The van der Waals surface area contributed by atoms with Gasteiger partial charge in [0.2, 0.25) is 0 Å². The Morgan fingerprint density at radius 1 is 1.38 bits per heavy atom. The maximum Gasteiger partial charge on any atom is 0.278 e. The lowest BCUT2D eigenvalue weighted by molar-refractivity contribution is 0.102. The first-order valence-corrected chi connectivity index (χ1v) is 5.35. The van der Waals surface area contributed by atoms with Crippen LogP contribution in [0.4, 0.5) is 5.82 Å². The van der Waals surface area contributed by atoms with Crippen LogP contribution in [0.2, 0.25) is 0 Å². The number of rotatable bonds is 2. The highest BCUT2D eigenvalue weighted by Crippen LogP contribution is 2.15. The van der Waals surface area contributed by atoms with Gasteiger partial charge in [-0.05, 0) is 15.9 Å². The maximum absolute atomic E-state index is 11.8. The number of hydrogen-bond donors (Lipinski definition) is 1. The van der Waals surface area contributed by atoms with Crippen molar-refractivity contribution in [3.63, 3.8) is 0 Å². The van der Waals surface area contributed by atoms with Gasteiger partial charge in [0.1, 0.15) is 0 Å². The van der Waals surface area contributed by atoms with Gasteiger partial charge in [-0.3, -0.25) is 14.2 Å². The summed E-state index contributed by atoms with van der Waals surface area (Å²) < 4.78 is 3.84. The Morgan fingerprint density at radius 2 is 2.12 bits per heavy atom. The zero-order chi connectivity index (χ0) is 11.7. The average molecular weight is 284 g/mol. The quantitative estimate of drug-likeness (QED) is 0.900. The van der Waals surface area contributed by atoms with Gasteiger partial charge in [0, 0.05) is 32.6 Å². The Labute approximate surface area is 100 Å². The second-order valence-electron chi connectivity index (χ2n) is 3.33. The summed E-state index contributed by atoms with van der Waals surface area (Å²) in [7, 11) is 3.54. The first-order valence-electron chi connectivity index (χ1n) is 4.56. The van der Waals surface area contributed by atoms with Crippen molar-refractivity contribution in [2.24, 2.45) is 14.1 Å². The van der Waals surface area contributed by atoms with E-state index in [0.717, 1.165) is 0 Å². The molecule has 0 saturated heterocycles. The number of anilines is 1. The van der Waals surface area contributed by atoms with Gasteiger partial charge in [0.25, 0.3) is 5.91 Å². The number of amides is 1. The lowest BCUT2D eigenvalue weighted by atomic mass is 10.4. The van der Waals surface area contributed by atoms with E-state index in [1.165, 1.54) is 0 Å². The zero-order valence-corrected chi connectivity index (χ0v) is 10.4. The lowest BCUT2D eigenvalue weighted by Gasteiger charge is -1.98. The minimum atomic E-state index is -0.286. The molecule has 0 atom stereocenters. The van der Waals surface area contributed by atoms with Crippen molar-refractivity contribution in [3.05, 3.63) is 28.6 Å². The normalized spacial score (nSPS) is 10.4. The first kappa shape index (κ1) is 10.9. The second kappa shape index (κ2) is 4.09. The van der Waals surface area contributed by atoms with Gasteiger partial charge in [-0.2, -0.15) is 10.2 Å². The van der Waals surface area contributed by atoms with E-state index >= 15 is 0 Å². The number of nitrogens with zero attached hydrogens (tertiary/aromatic N) is 4. The molecule has 0 aromatic carbocycles. The molecule has 84 valence electrons. The molecule has 0 aliphatic heterocycles. The van der Waals surface area contributed by atoms with Crippen molar-refractivity contribution >= 4 is 27.7 Å². The summed E-state index contributed by atoms with van der Waals surface area (Å²) in [4.78, 5) is 11.8. The number of hydrogen-bond acceptors (Lipinski definition) is 3. The van der Waals surface area contributed by atoms with Gasteiger partial charge in [0.15, 0.2) is 11.5 Å². The van der Waals surface area contributed by atoms with E-state index in [1.54, 1.807) is 41.9 Å². The van der Waals surface area contributed by atoms with Crippen molar-refractivity contribution in [2.45, 2.75) is 0 Å². The topological polar surface area (TPSA) is 64.7 Å². The average Bonchev–Trinajstić information content (AvgIpc) is 2.73. The molecule has 0 aliphatic carbocycles. The Hall–Kier alpha value is -1.63. The predicted molar refractivity (Wildman–Crippen MR) is 62.1 cm³/mol. The van der Waals surface area contributed by atoms with Crippen LogP contribution in [0.3, 0.4) is 0 Å². The molecule has 0 unspecified atom stereocenters. The third-order valence-corrected chi connectivity index (χ3v) is 2.53. The van der Waals surface area contributed by atoms with Crippen molar-refractivity contribution < 1.29 is 4.79 Å². The number of carbonyl (C=O) groups is 1. The molecule has 2 aromatic rings. The number of aryl methyl sites for hydroxylation is 2. The molecule has 0 aliphatic rings. The Morgan fingerprint density at radius 3 is 2.62 bits per heavy atom. The van der Waals surface area contributed by atoms with Crippen molar-refractivity contribution in [3.8, 4) is 0 Å². The van der Waals surface area contributed by atoms with Crippen LogP contribution in [0.5, 0.6) is 0 Å². The summed E-state index contributed by atoms with van der Waals surface area (Å²) >= 11 is 3.27. The van der Waals surface area contributed by atoms with Crippen LogP contribution >= 0.6 is 15.9 Å². The highest BCUT2D eigenvalue weighted by Gasteiger charge is 2.15. The largest absolute Gasteiger partial charge is 0.304 e. The monoisotopic (exact) mass is 283 g/mol.